The number of anilines is 1. The van der Waals surface area contributed by atoms with Gasteiger partial charge in [-0.15, -0.1) is 0 Å². The number of nitro groups is 1. The number of aromatic nitrogens is 3. The van der Waals surface area contributed by atoms with E-state index in [9.17, 15) is 19.7 Å². The maximum atomic E-state index is 12.8. The molecule has 29 heavy (non-hydrogen) atoms. The van der Waals surface area contributed by atoms with Crippen molar-refractivity contribution in [1.29, 1.82) is 0 Å². The quantitative estimate of drug-likeness (QED) is 0.537. The number of carbonyl (C=O) groups is 1. The van der Waals surface area contributed by atoms with Crippen LogP contribution in [0.15, 0.2) is 41.2 Å². The van der Waals surface area contributed by atoms with Crippen molar-refractivity contribution >= 4 is 17.3 Å². The molecule has 9 heteroatoms. The highest BCUT2D eigenvalue weighted by Gasteiger charge is 2.21. The lowest BCUT2D eigenvalue weighted by Gasteiger charge is -2.13. The normalized spacial score (nSPS) is 10.6. The number of amides is 1. The summed E-state index contributed by atoms with van der Waals surface area (Å²) >= 11 is 0. The van der Waals surface area contributed by atoms with E-state index in [1.165, 1.54) is 28.9 Å². The summed E-state index contributed by atoms with van der Waals surface area (Å²) in [5.41, 5.74) is 2.12. The summed E-state index contributed by atoms with van der Waals surface area (Å²) < 4.78 is 1.22. The van der Waals surface area contributed by atoms with Gasteiger partial charge in [-0.1, -0.05) is 12.1 Å². The fourth-order valence-corrected chi connectivity index (χ4v) is 3.13. The van der Waals surface area contributed by atoms with Crippen LogP contribution in [-0.2, 0) is 0 Å². The molecule has 0 saturated heterocycles. The molecule has 2 aromatic heterocycles. The fourth-order valence-electron chi connectivity index (χ4n) is 3.13. The van der Waals surface area contributed by atoms with Crippen LogP contribution in [-0.4, -0.2) is 25.6 Å². The second kappa shape index (κ2) is 7.63. The molecule has 0 aliphatic heterocycles. The minimum atomic E-state index is -0.709. The van der Waals surface area contributed by atoms with Gasteiger partial charge in [0, 0.05) is 23.5 Å². The van der Waals surface area contributed by atoms with Crippen LogP contribution < -0.4 is 10.7 Å². The third-order valence-electron chi connectivity index (χ3n) is 4.39. The number of carbonyl (C=O) groups excluding carboxylic acids is 1. The number of rotatable bonds is 4. The molecule has 1 aromatic carbocycles. The Bertz CT molecular complexity index is 1180. The van der Waals surface area contributed by atoms with Crippen molar-refractivity contribution in [2.75, 3.05) is 5.32 Å². The number of benzene rings is 1. The Balaban J connectivity index is 2.09. The van der Waals surface area contributed by atoms with Crippen molar-refractivity contribution in [3.8, 4) is 5.69 Å². The SMILES string of the molecule is Cc1cc(C)c(NC(=O)c2nn(-c3ccccc3[N+](=O)[O-])c(C)cc2=O)c(C)n1. The van der Waals surface area contributed by atoms with Crippen molar-refractivity contribution < 1.29 is 9.72 Å². The van der Waals surface area contributed by atoms with Crippen molar-refractivity contribution in [1.82, 2.24) is 14.8 Å². The topological polar surface area (TPSA) is 120 Å². The highest BCUT2D eigenvalue weighted by Crippen LogP contribution is 2.23. The molecule has 0 spiro atoms. The lowest BCUT2D eigenvalue weighted by atomic mass is 10.1. The number of nitrogens with zero attached hydrogens (tertiary/aromatic N) is 4. The first-order valence-electron chi connectivity index (χ1n) is 8.80. The average Bonchev–Trinajstić information content (AvgIpc) is 2.64. The Morgan fingerprint density at radius 1 is 1.14 bits per heavy atom. The van der Waals surface area contributed by atoms with Gasteiger partial charge in [-0.3, -0.25) is 24.7 Å². The minimum absolute atomic E-state index is 0.161. The zero-order valence-corrected chi connectivity index (χ0v) is 16.4. The Kier molecular flexibility index (Phi) is 5.22. The molecular weight excluding hydrogens is 374 g/mol. The molecule has 9 nitrogen and oxygen atoms in total. The Morgan fingerprint density at radius 3 is 2.48 bits per heavy atom. The third-order valence-corrected chi connectivity index (χ3v) is 4.39. The summed E-state index contributed by atoms with van der Waals surface area (Å²) in [6.07, 6.45) is 0. The van der Waals surface area contributed by atoms with Gasteiger partial charge >= 0.3 is 0 Å². The first-order valence-corrected chi connectivity index (χ1v) is 8.80. The molecule has 0 saturated carbocycles. The summed E-state index contributed by atoms with van der Waals surface area (Å²) in [5.74, 6) is -0.709. The fraction of sp³-hybridized carbons (Fsp3) is 0.200. The largest absolute Gasteiger partial charge is 0.319 e. The van der Waals surface area contributed by atoms with Crippen molar-refractivity contribution in [2.45, 2.75) is 27.7 Å². The molecule has 0 fully saturated rings. The summed E-state index contributed by atoms with van der Waals surface area (Å²) in [7, 11) is 0. The number of para-hydroxylation sites is 2. The van der Waals surface area contributed by atoms with E-state index >= 15 is 0 Å². The van der Waals surface area contributed by atoms with Crippen LogP contribution in [0.4, 0.5) is 11.4 Å². The number of nitro benzene ring substituents is 1. The van der Waals surface area contributed by atoms with Gasteiger partial charge in [0.2, 0.25) is 5.43 Å². The van der Waals surface area contributed by atoms with Gasteiger partial charge in [0.1, 0.15) is 5.69 Å². The molecule has 148 valence electrons. The summed E-state index contributed by atoms with van der Waals surface area (Å²) in [5, 5.41) is 18.2. The molecule has 0 unspecified atom stereocenters. The van der Waals surface area contributed by atoms with Gasteiger partial charge in [0.05, 0.1) is 16.3 Å². The van der Waals surface area contributed by atoms with Crippen LogP contribution in [0, 0.1) is 37.8 Å². The van der Waals surface area contributed by atoms with Crippen LogP contribution in [0.5, 0.6) is 0 Å². The van der Waals surface area contributed by atoms with E-state index in [4.69, 9.17) is 0 Å². The van der Waals surface area contributed by atoms with Gasteiger partial charge in [-0.25, -0.2) is 4.68 Å². The van der Waals surface area contributed by atoms with Crippen LogP contribution >= 0.6 is 0 Å². The van der Waals surface area contributed by atoms with E-state index in [-0.39, 0.29) is 17.1 Å². The highest BCUT2D eigenvalue weighted by atomic mass is 16.6. The van der Waals surface area contributed by atoms with Gasteiger partial charge in [0.15, 0.2) is 5.69 Å². The molecule has 1 amide bonds. The molecule has 0 bridgehead atoms. The predicted octanol–water partition coefficient (Wildman–Crippen LogP) is 3.02. The lowest BCUT2D eigenvalue weighted by molar-refractivity contribution is -0.384. The van der Waals surface area contributed by atoms with Crippen LogP contribution in [0.3, 0.4) is 0 Å². The second-order valence-corrected chi connectivity index (χ2v) is 6.65. The second-order valence-electron chi connectivity index (χ2n) is 6.65. The maximum Gasteiger partial charge on any atom is 0.294 e. The summed E-state index contributed by atoms with van der Waals surface area (Å²) in [4.78, 5) is 40.3. The third kappa shape index (κ3) is 3.88. The lowest BCUT2D eigenvalue weighted by Crippen LogP contribution is -2.27. The van der Waals surface area contributed by atoms with Gasteiger partial charge < -0.3 is 5.32 Å². The zero-order chi connectivity index (χ0) is 21.3. The molecule has 0 aliphatic rings. The molecule has 0 aliphatic carbocycles. The first-order chi connectivity index (χ1) is 13.7. The number of nitrogens with one attached hydrogen (secondary N) is 1. The van der Waals surface area contributed by atoms with Gasteiger partial charge in [0.25, 0.3) is 11.6 Å². The van der Waals surface area contributed by atoms with Crippen LogP contribution in [0.1, 0.15) is 33.1 Å². The molecule has 2 heterocycles. The van der Waals surface area contributed by atoms with E-state index in [0.717, 1.165) is 11.3 Å². The molecule has 0 radical (unpaired) electrons. The standard InChI is InChI=1S/C20H19N5O4/c1-11-9-12(2)21-14(4)18(11)22-20(27)19-17(26)10-13(3)24(23-19)15-7-5-6-8-16(15)25(28)29/h5-10H,1-4H3,(H,22,27). The van der Waals surface area contributed by atoms with Crippen LogP contribution in [0.2, 0.25) is 0 Å². The average molecular weight is 393 g/mol. The van der Waals surface area contributed by atoms with Gasteiger partial charge in [-0.05, 0) is 45.4 Å². The molecule has 0 atom stereocenters. The van der Waals surface area contributed by atoms with Gasteiger partial charge in [-0.2, -0.15) is 5.10 Å². The van der Waals surface area contributed by atoms with Crippen molar-refractivity contribution in [3.05, 3.63) is 85.1 Å². The molecule has 1 N–H and O–H groups in total. The molecular formula is C20H19N5O4. The monoisotopic (exact) mass is 393 g/mol. The Labute approximate surface area is 166 Å². The van der Waals surface area contributed by atoms with E-state index in [2.05, 4.69) is 15.4 Å². The maximum absolute atomic E-state index is 12.8. The highest BCUT2D eigenvalue weighted by molar-refractivity contribution is 6.03. The Hall–Kier alpha value is -3.88. The number of aryl methyl sites for hydroxylation is 4. The molecule has 3 rings (SSSR count). The summed E-state index contributed by atoms with van der Waals surface area (Å²) in [6, 6.07) is 9.03. The first kappa shape index (κ1) is 19.9. The molecule has 3 aromatic rings. The summed E-state index contributed by atoms with van der Waals surface area (Å²) in [6.45, 7) is 7.01. The van der Waals surface area contributed by atoms with E-state index in [1.54, 1.807) is 19.9 Å². The van der Waals surface area contributed by atoms with E-state index < -0.39 is 16.3 Å². The van der Waals surface area contributed by atoms with E-state index in [1.807, 2.05) is 19.9 Å². The predicted molar refractivity (Wildman–Crippen MR) is 108 cm³/mol. The minimum Gasteiger partial charge on any atom is -0.319 e. The van der Waals surface area contributed by atoms with E-state index in [0.29, 0.717) is 17.1 Å². The number of hydrogen-bond acceptors (Lipinski definition) is 6. The van der Waals surface area contributed by atoms with Crippen molar-refractivity contribution in [2.24, 2.45) is 0 Å². The van der Waals surface area contributed by atoms with Crippen LogP contribution in [0.25, 0.3) is 5.69 Å². The number of pyridine rings is 1. The van der Waals surface area contributed by atoms with Crippen molar-refractivity contribution in [3.63, 3.8) is 0 Å². The smallest absolute Gasteiger partial charge is 0.294 e. The Morgan fingerprint density at radius 2 is 1.83 bits per heavy atom. The zero-order valence-electron chi connectivity index (χ0n) is 16.4. The number of hydrogen-bond donors (Lipinski definition) is 1.